The molecule has 0 aromatic heterocycles. The van der Waals surface area contributed by atoms with E-state index in [0.29, 0.717) is 17.5 Å². The Morgan fingerprint density at radius 1 is 1.04 bits per heavy atom. The zero-order valence-electron chi connectivity index (χ0n) is 14.8. The van der Waals surface area contributed by atoms with Gasteiger partial charge in [0.1, 0.15) is 0 Å². The maximum absolute atomic E-state index is 13.2. The van der Waals surface area contributed by atoms with E-state index in [9.17, 15) is 14.4 Å². The van der Waals surface area contributed by atoms with Crippen molar-refractivity contribution in [2.75, 3.05) is 4.90 Å². The van der Waals surface area contributed by atoms with Crippen LogP contribution in [0.4, 0.5) is 5.69 Å². The summed E-state index contributed by atoms with van der Waals surface area (Å²) in [5.41, 5.74) is 0.627. The molecule has 1 saturated heterocycles. The number of hydrogen-bond acceptors (Lipinski definition) is 4. The molecule has 5 nitrogen and oxygen atoms in total. The Hall–Kier alpha value is -2.43. The van der Waals surface area contributed by atoms with E-state index in [1.165, 1.54) is 4.90 Å². The first-order valence-corrected chi connectivity index (χ1v) is 9.35. The second kappa shape index (κ2) is 5.29. The van der Waals surface area contributed by atoms with Crippen LogP contribution in [0.15, 0.2) is 36.4 Å². The second-order valence-electron chi connectivity index (χ2n) is 8.14. The van der Waals surface area contributed by atoms with Gasteiger partial charge in [0.2, 0.25) is 11.8 Å². The Labute approximate surface area is 152 Å². The lowest BCUT2D eigenvalue weighted by molar-refractivity contribution is -0.124. The Morgan fingerprint density at radius 3 is 2.19 bits per heavy atom. The Morgan fingerprint density at radius 2 is 1.62 bits per heavy atom. The topological polar surface area (TPSA) is 63.7 Å². The summed E-state index contributed by atoms with van der Waals surface area (Å²) in [6, 6.07) is 6.75. The van der Waals surface area contributed by atoms with Gasteiger partial charge in [-0.15, -0.1) is 0 Å². The van der Waals surface area contributed by atoms with Gasteiger partial charge in [0, 0.05) is 0 Å². The minimum absolute atomic E-state index is 0.158. The fourth-order valence-corrected chi connectivity index (χ4v) is 5.31. The van der Waals surface area contributed by atoms with Gasteiger partial charge >= 0.3 is 5.97 Å². The predicted octanol–water partition coefficient (Wildman–Crippen LogP) is 2.81. The number of carbonyl (C=O) groups excluding carboxylic acids is 3. The Bertz CT molecular complexity index is 821. The van der Waals surface area contributed by atoms with Gasteiger partial charge in [-0.3, -0.25) is 9.59 Å². The van der Waals surface area contributed by atoms with Crippen LogP contribution in [0.3, 0.4) is 0 Å². The molecule has 0 N–H and O–H groups in total. The van der Waals surface area contributed by atoms with Gasteiger partial charge in [-0.25, -0.2) is 9.69 Å². The van der Waals surface area contributed by atoms with Gasteiger partial charge in [0.05, 0.1) is 29.2 Å². The number of rotatable bonds is 3. The number of imide groups is 1. The highest BCUT2D eigenvalue weighted by Crippen LogP contribution is 2.65. The molecule has 0 spiro atoms. The van der Waals surface area contributed by atoms with Crippen molar-refractivity contribution in [3.63, 3.8) is 0 Å². The molecule has 4 aliphatic carbocycles. The quantitative estimate of drug-likeness (QED) is 0.477. The molecule has 1 aromatic rings. The number of esters is 1. The summed E-state index contributed by atoms with van der Waals surface area (Å²) in [7, 11) is 0. The molecule has 2 bridgehead atoms. The predicted molar refractivity (Wildman–Crippen MR) is 94.2 cm³/mol. The highest BCUT2D eigenvalue weighted by atomic mass is 16.5. The molecule has 1 aromatic carbocycles. The summed E-state index contributed by atoms with van der Waals surface area (Å²) in [6.07, 6.45) is 5.16. The molecular formula is C21H21NO4. The fraction of sp³-hybridized carbons (Fsp3) is 0.476. The van der Waals surface area contributed by atoms with Crippen molar-refractivity contribution in [3.05, 3.63) is 42.0 Å². The van der Waals surface area contributed by atoms with Gasteiger partial charge < -0.3 is 4.74 Å². The number of amides is 2. The lowest BCUT2D eigenvalue weighted by atomic mass is 9.63. The summed E-state index contributed by atoms with van der Waals surface area (Å²) in [6.45, 7) is 3.55. The smallest absolute Gasteiger partial charge is 0.340 e. The molecule has 134 valence electrons. The van der Waals surface area contributed by atoms with E-state index in [1.54, 1.807) is 38.1 Å². The summed E-state index contributed by atoms with van der Waals surface area (Å²) >= 11 is 0. The van der Waals surface area contributed by atoms with Crippen molar-refractivity contribution in [1.82, 2.24) is 0 Å². The van der Waals surface area contributed by atoms with Crippen molar-refractivity contribution in [3.8, 4) is 0 Å². The zero-order chi connectivity index (χ0) is 18.2. The van der Waals surface area contributed by atoms with E-state index in [-0.39, 0.29) is 47.2 Å². The normalized spacial score (nSPS) is 36.3. The van der Waals surface area contributed by atoms with Crippen LogP contribution in [0.2, 0.25) is 0 Å². The lowest BCUT2D eigenvalue weighted by Crippen LogP contribution is -2.40. The van der Waals surface area contributed by atoms with Crippen LogP contribution >= 0.6 is 0 Å². The van der Waals surface area contributed by atoms with Gasteiger partial charge in [-0.1, -0.05) is 24.3 Å². The van der Waals surface area contributed by atoms with Crippen molar-refractivity contribution in [1.29, 1.82) is 0 Å². The number of hydrogen-bond donors (Lipinski definition) is 0. The van der Waals surface area contributed by atoms with Crippen molar-refractivity contribution < 1.29 is 19.1 Å². The third kappa shape index (κ3) is 2.00. The van der Waals surface area contributed by atoms with Crippen molar-refractivity contribution >= 4 is 23.5 Å². The molecule has 3 fully saturated rings. The molecule has 5 heteroatoms. The van der Waals surface area contributed by atoms with Gasteiger partial charge in [0.15, 0.2) is 0 Å². The van der Waals surface area contributed by atoms with E-state index in [4.69, 9.17) is 4.74 Å². The highest BCUT2D eigenvalue weighted by Gasteiger charge is 2.67. The molecule has 0 radical (unpaired) electrons. The molecule has 2 amide bonds. The molecule has 5 aliphatic rings. The molecule has 26 heavy (non-hydrogen) atoms. The third-order valence-corrected chi connectivity index (χ3v) is 6.37. The summed E-state index contributed by atoms with van der Waals surface area (Å²) in [4.78, 5) is 40.2. The van der Waals surface area contributed by atoms with Gasteiger partial charge in [-0.2, -0.15) is 0 Å². The van der Waals surface area contributed by atoms with Gasteiger partial charge in [0.25, 0.3) is 0 Å². The van der Waals surface area contributed by atoms with Crippen LogP contribution in [0.5, 0.6) is 0 Å². The number of ether oxygens (including phenoxy) is 1. The van der Waals surface area contributed by atoms with Crippen molar-refractivity contribution in [2.45, 2.75) is 26.4 Å². The average Bonchev–Trinajstić information content (AvgIpc) is 3.39. The standard InChI is InChI=1S/C21H21NO4/c1-10(2)26-21(25)13-5-3-4-6-16(13)22-19(23)17-11-7-8-12(15-9-14(11)15)18(17)20(22)24/h3-8,10-12,14-15,17-18H,9H2,1-2H3/t11-,12-,14-,15+,17-,18+/m0/s1. The number of anilines is 1. The summed E-state index contributed by atoms with van der Waals surface area (Å²) in [5.74, 6) is 0.107. The van der Waals surface area contributed by atoms with Crippen LogP contribution in [0, 0.1) is 35.5 Å². The first kappa shape index (κ1) is 15.8. The minimum Gasteiger partial charge on any atom is -0.459 e. The Balaban J connectivity index is 1.54. The van der Waals surface area contributed by atoms with E-state index in [0.717, 1.165) is 6.42 Å². The molecule has 6 rings (SSSR count). The van der Waals surface area contributed by atoms with Crippen LogP contribution in [0.25, 0.3) is 0 Å². The van der Waals surface area contributed by atoms with Gasteiger partial charge in [-0.05, 0) is 56.1 Å². The zero-order valence-corrected chi connectivity index (χ0v) is 14.8. The number of allylic oxidation sites excluding steroid dienone is 2. The molecule has 1 aliphatic heterocycles. The summed E-state index contributed by atoms with van der Waals surface area (Å²) < 4.78 is 5.30. The fourth-order valence-electron chi connectivity index (χ4n) is 5.31. The minimum atomic E-state index is -0.505. The first-order chi connectivity index (χ1) is 12.5. The molecule has 0 unspecified atom stereocenters. The first-order valence-electron chi connectivity index (χ1n) is 9.35. The maximum Gasteiger partial charge on any atom is 0.340 e. The molecule has 1 heterocycles. The van der Waals surface area contributed by atoms with E-state index in [1.807, 2.05) is 0 Å². The van der Waals surface area contributed by atoms with Crippen LogP contribution in [0.1, 0.15) is 30.6 Å². The number of nitrogens with zero attached hydrogens (tertiary/aromatic N) is 1. The average molecular weight is 351 g/mol. The highest BCUT2D eigenvalue weighted by molar-refractivity contribution is 6.24. The number of carbonyl (C=O) groups is 3. The monoisotopic (exact) mass is 351 g/mol. The number of benzene rings is 1. The van der Waals surface area contributed by atoms with Crippen LogP contribution in [-0.4, -0.2) is 23.9 Å². The van der Waals surface area contributed by atoms with E-state index < -0.39 is 5.97 Å². The third-order valence-electron chi connectivity index (χ3n) is 6.37. The van der Waals surface area contributed by atoms with Crippen molar-refractivity contribution in [2.24, 2.45) is 35.5 Å². The Kier molecular flexibility index (Phi) is 3.21. The second-order valence-corrected chi connectivity index (χ2v) is 8.14. The maximum atomic E-state index is 13.2. The van der Waals surface area contributed by atoms with Crippen LogP contribution in [-0.2, 0) is 14.3 Å². The van der Waals surface area contributed by atoms with E-state index >= 15 is 0 Å². The number of para-hydroxylation sites is 1. The SMILES string of the molecule is CC(C)OC(=O)c1ccccc1N1C(=O)[C@@H]2[C@H]3C=C[C@@H]([C@@H]4C[C@H]34)[C@@H]2C1=O. The van der Waals surface area contributed by atoms with E-state index in [2.05, 4.69) is 12.2 Å². The molecular weight excluding hydrogens is 330 g/mol. The largest absolute Gasteiger partial charge is 0.459 e. The summed E-state index contributed by atoms with van der Waals surface area (Å²) in [5, 5.41) is 0. The lowest BCUT2D eigenvalue weighted by Gasteiger charge is -2.37. The van der Waals surface area contributed by atoms with Crippen LogP contribution < -0.4 is 4.90 Å². The molecule has 2 saturated carbocycles. The molecule has 6 atom stereocenters.